The summed E-state index contributed by atoms with van der Waals surface area (Å²) in [6.07, 6.45) is 2.48. The summed E-state index contributed by atoms with van der Waals surface area (Å²) < 4.78 is 10.3. The van der Waals surface area contributed by atoms with Gasteiger partial charge in [-0.25, -0.2) is 9.59 Å². The second-order valence-corrected chi connectivity index (χ2v) is 8.56. The van der Waals surface area contributed by atoms with Gasteiger partial charge in [-0.2, -0.15) is 0 Å². The molecule has 0 saturated carbocycles. The highest BCUT2D eigenvalue weighted by atomic mass is 16.6. The lowest BCUT2D eigenvalue weighted by molar-refractivity contribution is 0.0519. The van der Waals surface area contributed by atoms with E-state index < -0.39 is 23.3 Å². The Labute approximate surface area is 150 Å². The highest BCUT2D eigenvalue weighted by Gasteiger charge is 2.53. The van der Waals surface area contributed by atoms with Crippen molar-refractivity contribution in [1.29, 1.82) is 0 Å². The van der Waals surface area contributed by atoms with Gasteiger partial charge in [-0.3, -0.25) is 4.90 Å². The number of carboxylic acid groups (broad SMARTS) is 1. The molecule has 0 aromatic carbocycles. The van der Waals surface area contributed by atoms with Gasteiger partial charge in [0.05, 0.1) is 18.9 Å². The molecule has 2 atom stereocenters. The molecule has 0 radical (unpaired) electrons. The number of methoxy groups -OCH3 is 1. The molecule has 1 heterocycles. The first-order chi connectivity index (χ1) is 11.3. The zero-order chi connectivity index (χ0) is 19.5. The number of carbonyl (C=O) groups is 2. The number of carbonyl (C=O) groups excluding carboxylic acids is 1. The van der Waals surface area contributed by atoms with Crippen molar-refractivity contribution in [3.05, 3.63) is 12.3 Å². The van der Waals surface area contributed by atoms with Gasteiger partial charge in [0.25, 0.3) is 0 Å². The van der Waals surface area contributed by atoms with Crippen molar-refractivity contribution in [2.24, 2.45) is 11.3 Å². The molecule has 144 valence electrons. The molecule has 0 aliphatic carbocycles. The molecular formula is C18H32N2O5. The summed E-state index contributed by atoms with van der Waals surface area (Å²) in [7, 11) is 1.54. The minimum atomic E-state index is -0.976. The third-order valence-corrected chi connectivity index (χ3v) is 4.47. The first kappa shape index (κ1) is 21.1. The van der Waals surface area contributed by atoms with Crippen molar-refractivity contribution in [3.8, 4) is 0 Å². The predicted molar refractivity (Wildman–Crippen MR) is 95.4 cm³/mol. The Bertz CT molecular complexity index is 519. The van der Waals surface area contributed by atoms with Crippen LogP contribution in [0.2, 0.25) is 0 Å². The summed E-state index contributed by atoms with van der Waals surface area (Å²) in [6.45, 7) is 12.1. The Morgan fingerprint density at radius 2 is 1.88 bits per heavy atom. The molecule has 1 unspecified atom stereocenters. The maximum absolute atomic E-state index is 11.9. The summed E-state index contributed by atoms with van der Waals surface area (Å²) >= 11 is 0. The zero-order valence-corrected chi connectivity index (χ0v) is 16.4. The van der Waals surface area contributed by atoms with Gasteiger partial charge in [-0.1, -0.05) is 20.8 Å². The van der Waals surface area contributed by atoms with Crippen LogP contribution in [-0.2, 0) is 9.47 Å². The lowest BCUT2D eigenvalue weighted by Crippen LogP contribution is -2.53. The summed E-state index contributed by atoms with van der Waals surface area (Å²) in [6, 6.07) is 0. The molecule has 1 saturated heterocycles. The Morgan fingerprint density at radius 1 is 1.28 bits per heavy atom. The molecule has 25 heavy (non-hydrogen) atoms. The van der Waals surface area contributed by atoms with Crippen LogP contribution in [0.15, 0.2) is 12.3 Å². The van der Waals surface area contributed by atoms with Crippen LogP contribution in [0.1, 0.15) is 48.0 Å². The minimum Gasteiger partial charge on any atom is -0.505 e. The number of likely N-dealkylation sites (tertiary alicyclic amines) is 1. The minimum absolute atomic E-state index is 0.00986. The van der Waals surface area contributed by atoms with Crippen LogP contribution in [-0.4, -0.2) is 53.5 Å². The van der Waals surface area contributed by atoms with Crippen LogP contribution >= 0.6 is 0 Å². The molecule has 0 aromatic rings. The molecule has 1 fully saturated rings. The highest BCUT2D eigenvalue weighted by molar-refractivity contribution is 5.68. The third kappa shape index (κ3) is 5.28. The van der Waals surface area contributed by atoms with Crippen molar-refractivity contribution in [2.75, 3.05) is 20.2 Å². The Hall–Kier alpha value is -1.92. The first-order valence-electron chi connectivity index (χ1n) is 8.50. The summed E-state index contributed by atoms with van der Waals surface area (Å²) in [5, 5.41) is 12.4. The van der Waals surface area contributed by atoms with E-state index in [2.05, 4.69) is 5.32 Å². The van der Waals surface area contributed by atoms with Crippen LogP contribution < -0.4 is 5.32 Å². The lowest BCUT2D eigenvalue weighted by atomic mass is 9.70. The van der Waals surface area contributed by atoms with Gasteiger partial charge < -0.3 is 19.9 Å². The van der Waals surface area contributed by atoms with Crippen molar-refractivity contribution in [1.82, 2.24) is 10.2 Å². The molecule has 0 bridgehead atoms. The van der Waals surface area contributed by atoms with Crippen molar-refractivity contribution in [3.63, 3.8) is 0 Å². The Kier molecular flexibility index (Phi) is 6.37. The predicted octanol–water partition coefficient (Wildman–Crippen LogP) is 3.46. The Morgan fingerprint density at radius 3 is 2.32 bits per heavy atom. The van der Waals surface area contributed by atoms with Crippen molar-refractivity contribution >= 4 is 12.2 Å². The molecule has 7 heteroatoms. The second kappa shape index (κ2) is 7.54. The molecule has 7 nitrogen and oxygen atoms in total. The van der Waals surface area contributed by atoms with Crippen LogP contribution in [0.4, 0.5) is 9.59 Å². The monoisotopic (exact) mass is 356 g/mol. The fraction of sp³-hybridized carbons (Fsp3) is 0.778. The first-order valence-corrected chi connectivity index (χ1v) is 8.50. The van der Waals surface area contributed by atoms with Crippen molar-refractivity contribution < 1.29 is 24.2 Å². The summed E-state index contributed by atoms with van der Waals surface area (Å²) in [5.41, 5.74) is -1.60. The van der Waals surface area contributed by atoms with E-state index in [1.807, 2.05) is 26.8 Å². The fourth-order valence-corrected chi connectivity index (χ4v) is 3.26. The quantitative estimate of drug-likeness (QED) is 0.753. The number of rotatable bonds is 4. The molecule has 1 rings (SSSR count). The number of amides is 2. The zero-order valence-electron chi connectivity index (χ0n) is 16.4. The molecule has 0 spiro atoms. The van der Waals surface area contributed by atoms with Crippen LogP contribution in [0.3, 0.4) is 0 Å². The second-order valence-electron chi connectivity index (χ2n) is 8.56. The van der Waals surface area contributed by atoms with Gasteiger partial charge in [0, 0.05) is 13.1 Å². The smallest absolute Gasteiger partial charge is 0.408 e. The standard InChI is InChI=1S/C18H32N2O5/c1-16(2,3)18(8-9-24-7)10-13(12-20(18)15(22)23)11-19-14(21)25-17(4,5)6/h8-9,13H,10-12H2,1-7H3,(H,19,21)(H,22,23)/t13-,18?/m0/s1. The van der Waals surface area contributed by atoms with Gasteiger partial charge in [0.15, 0.2) is 0 Å². The van der Waals surface area contributed by atoms with Gasteiger partial charge in [-0.15, -0.1) is 0 Å². The van der Waals surface area contributed by atoms with E-state index in [0.717, 1.165) is 0 Å². The van der Waals surface area contributed by atoms with E-state index in [4.69, 9.17) is 9.47 Å². The molecule has 1 aliphatic rings. The number of nitrogens with zero attached hydrogens (tertiary/aromatic N) is 1. The van der Waals surface area contributed by atoms with Crippen molar-refractivity contribution in [2.45, 2.75) is 59.1 Å². The average Bonchev–Trinajstić information content (AvgIpc) is 2.81. The van der Waals surface area contributed by atoms with Gasteiger partial charge in [0.1, 0.15) is 5.60 Å². The normalized spacial score (nSPS) is 24.4. The third-order valence-electron chi connectivity index (χ3n) is 4.47. The topological polar surface area (TPSA) is 88.1 Å². The largest absolute Gasteiger partial charge is 0.505 e. The number of hydrogen-bond acceptors (Lipinski definition) is 4. The molecule has 0 aromatic heterocycles. The molecular weight excluding hydrogens is 324 g/mol. The number of hydrogen-bond donors (Lipinski definition) is 2. The highest BCUT2D eigenvalue weighted by Crippen LogP contribution is 2.46. The number of nitrogens with one attached hydrogen (secondary N) is 1. The maximum Gasteiger partial charge on any atom is 0.408 e. The Balaban J connectivity index is 2.93. The van der Waals surface area contributed by atoms with E-state index >= 15 is 0 Å². The molecule has 1 aliphatic heterocycles. The van der Waals surface area contributed by atoms with Crippen LogP contribution in [0.25, 0.3) is 0 Å². The van der Waals surface area contributed by atoms with Gasteiger partial charge >= 0.3 is 12.2 Å². The van der Waals surface area contributed by atoms with Crippen LogP contribution in [0.5, 0.6) is 0 Å². The van der Waals surface area contributed by atoms with E-state index in [1.165, 1.54) is 18.3 Å². The summed E-state index contributed by atoms with van der Waals surface area (Å²) in [4.78, 5) is 25.1. The van der Waals surface area contributed by atoms with E-state index in [0.29, 0.717) is 19.5 Å². The maximum atomic E-state index is 11.9. The lowest BCUT2D eigenvalue weighted by Gasteiger charge is -2.44. The average molecular weight is 356 g/mol. The molecule has 2 amide bonds. The van der Waals surface area contributed by atoms with Gasteiger partial charge in [0.2, 0.25) is 0 Å². The fourth-order valence-electron chi connectivity index (χ4n) is 3.26. The van der Waals surface area contributed by atoms with Gasteiger partial charge in [-0.05, 0) is 44.6 Å². The number of alkyl carbamates (subject to hydrolysis) is 1. The van der Waals surface area contributed by atoms with E-state index in [9.17, 15) is 14.7 Å². The van der Waals surface area contributed by atoms with E-state index in [-0.39, 0.29) is 11.3 Å². The number of ether oxygens (including phenoxy) is 2. The summed E-state index contributed by atoms with van der Waals surface area (Å²) in [5.74, 6) is -0.00986. The molecule has 2 N–H and O–H groups in total. The van der Waals surface area contributed by atoms with E-state index in [1.54, 1.807) is 20.8 Å². The SMILES string of the molecule is COC=CC1(C(C)(C)C)C[C@@H](CNC(=O)OC(C)(C)C)CN1C(=O)O. The van der Waals surface area contributed by atoms with Crippen LogP contribution in [0, 0.1) is 11.3 Å².